The van der Waals surface area contributed by atoms with Gasteiger partial charge in [0.1, 0.15) is 5.60 Å². The van der Waals surface area contributed by atoms with Crippen LogP contribution in [-0.4, -0.2) is 11.6 Å². The van der Waals surface area contributed by atoms with Crippen molar-refractivity contribution in [3.8, 4) is 11.1 Å². The van der Waals surface area contributed by atoms with Crippen molar-refractivity contribution in [2.75, 3.05) is 0 Å². The second-order valence-electron chi connectivity index (χ2n) is 6.19. The van der Waals surface area contributed by atoms with Gasteiger partial charge >= 0.3 is 12.1 Å². The molecule has 0 bridgehead atoms. The Labute approximate surface area is 137 Å². The summed E-state index contributed by atoms with van der Waals surface area (Å²) in [5.41, 5.74) is -0.261. The van der Waals surface area contributed by atoms with Crippen LogP contribution in [-0.2, 0) is 16.0 Å². The minimum Gasteiger partial charge on any atom is -0.292 e. The molecule has 2 rings (SSSR count). The average Bonchev–Trinajstić information content (AvgIpc) is 2.51. The molecule has 0 N–H and O–H groups in total. The van der Waals surface area contributed by atoms with E-state index in [1.807, 2.05) is 0 Å². The van der Waals surface area contributed by atoms with Crippen molar-refractivity contribution in [2.24, 2.45) is 0 Å². The third kappa shape index (κ3) is 4.58. The van der Waals surface area contributed by atoms with Crippen molar-refractivity contribution in [2.45, 2.75) is 32.5 Å². The van der Waals surface area contributed by atoms with Crippen LogP contribution in [0, 0.1) is 0 Å². The Balaban J connectivity index is 2.30. The van der Waals surface area contributed by atoms with Crippen molar-refractivity contribution in [3.63, 3.8) is 0 Å². The molecule has 0 aliphatic carbocycles. The summed E-state index contributed by atoms with van der Waals surface area (Å²) in [5, 5.41) is 0. The van der Waals surface area contributed by atoms with Gasteiger partial charge in [-0.2, -0.15) is 18.1 Å². The maximum atomic E-state index is 12.7. The number of carbonyl (C=O) groups excluding carboxylic acids is 1. The number of carbonyl (C=O) groups is 1. The highest BCUT2D eigenvalue weighted by Gasteiger charge is 2.30. The van der Waals surface area contributed by atoms with Gasteiger partial charge in [0, 0.05) is 0 Å². The van der Waals surface area contributed by atoms with Crippen LogP contribution in [0.1, 0.15) is 36.7 Å². The first kappa shape index (κ1) is 18.0. The molecule has 24 heavy (non-hydrogen) atoms. The minimum absolute atomic E-state index is 0.210. The van der Waals surface area contributed by atoms with Crippen molar-refractivity contribution < 1.29 is 27.7 Å². The normalized spacial score (nSPS) is 12.1. The van der Waals surface area contributed by atoms with Gasteiger partial charge < -0.3 is 0 Å². The summed E-state index contributed by atoms with van der Waals surface area (Å²) in [4.78, 5) is 22.0. The molecule has 0 amide bonds. The number of alkyl halides is 3. The lowest BCUT2D eigenvalue weighted by molar-refractivity contribution is -0.301. The lowest BCUT2D eigenvalue weighted by atomic mass is 9.98. The summed E-state index contributed by atoms with van der Waals surface area (Å²) in [6, 6.07) is 11.1. The summed E-state index contributed by atoms with van der Waals surface area (Å²) in [5.74, 6) is -0.708. The van der Waals surface area contributed by atoms with E-state index in [0.29, 0.717) is 11.1 Å². The van der Waals surface area contributed by atoms with Gasteiger partial charge in [-0.25, -0.2) is 4.79 Å². The molecule has 2 aromatic carbocycles. The number of hydrogen-bond acceptors (Lipinski definition) is 3. The van der Waals surface area contributed by atoms with Crippen molar-refractivity contribution >= 4 is 5.97 Å². The monoisotopic (exact) mass is 338 g/mol. The molecule has 0 aliphatic heterocycles. The predicted octanol–water partition coefficient (Wildman–Crippen LogP) is 5.26. The maximum absolute atomic E-state index is 12.7. The topological polar surface area (TPSA) is 35.5 Å². The van der Waals surface area contributed by atoms with Crippen LogP contribution in [0.3, 0.4) is 0 Å². The molecule has 0 spiro atoms. The molecule has 0 aromatic heterocycles. The minimum atomic E-state index is -4.41. The van der Waals surface area contributed by atoms with Crippen LogP contribution in [0.25, 0.3) is 11.1 Å². The molecule has 0 saturated carbocycles. The fourth-order valence-electron chi connectivity index (χ4n) is 1.96. The second-order valence-corrected chi connectivity index (χ2v) is 6.19. The highest BCUT2D eigenvalue weighted by Crippen LogP contribution is 2.32. The van der Waals surface area contributed by atoms with Crippen molar-refractivity contribution in [3.05, 3.63) is 59.7 Å². The van der Waals surface area contributed by atoms with Gasteiger partial charge in [0.05, 0.1) is 11.1 Å². The van der Waals surface area contributed by atoms with Crippen LogP contribution < -0.4 is 0 Å². The zero-order valence-electron chi connectivity index (χ0n) is 13.5. The van der Waals surface area contributed by atoms with E-state index in [0.717, 1.165) is 12.1 Å². The van der Waals surface area contributed by atoms with E-state index in [1.165, 1.54) is 18.2 Å². The van der Waals surface area contributed by atoms with E-state index in [2.05, 4.69) is 0 Å². The molecule has 0 unspecified atom stereocenters. The Morgan fingerprint density at radius 1 is 0.917 bits per heavy atom. The average molecular weight is 338 g/mol. The van der Waals surface area contributed by atoms with E-state index in [9.17, 15) is 18.0 Å². The molecule has 0 saturated heterocycles. The predicted molar refractivity (Wildman–Crippen MR) is 83.1 cm³/mol. The number of halogens is 3. The number of benzene rings is 2. The summed E-state index contributed by atoms with van der Waals surface area (Å²) >= 11 is 0. The van der Waals surface area contributed by atoms with Crippen LogP contribution in [0.2, 0.25) is 0 Å². The lowest BCUT2D eigenvalue weighted by Gasteiger charge is -2.17. The maximum Gasteiger partial charge on any atom is 0.416 e. The van der Waals surface area contributed by atoms with Gasteiger partial charge in [0.25, 0.3) is 0 Å². The fourth-order valence-corrected chi connectivity index (χ4v) is 1.96. The van der Waals surface area contributed by atoms with Gasteiger partial charge in [-0.1, -0.05) is 30.3 Å². The molecule has 0 fully saturated rings. The van der Waals surface area contributed by atoms with E-state index in [1.54, 1.807) is 39.0 Å². The molecule has 0 aliphatic rings. The van der Waals surface area contributed by atoms with Gasteiger partial charge in [-0.3, -0.25) is 4.89 Å². The number of hydrogen-bond donors (Lipinski definition) is 0. The molecule has 2 aromatic rings. The van der Waals surface area contributed by atoms with Gasteiger partial charge in [-0.15, -0.1) is 0 Å². The highest BCUT2D eigenvalue weighted by molar-refractivity contribution is 5.97. The second kappa shape index (κ2) is 6.65. The first-order valence-electron chi connectivity index (χ1n) is 7.24. The zero-order valence-corrected chi connectivity index (χ0v) is 13.5. The van der Waals surface area contributed by atoms with E-state index < -0.39 is 23.3 Å². The van der Waals surface area contributed by atoms with Gasteiger partial charge in [-0.05, 0) is 50.1 Å². The van der Waals surface area contributed by atoms with Crippen LogP contribution in [0.15, 0.2) is 48.5 Å². The molecule has 0 radical (unpaired) electrons. The van der Waals surface area contributed by atoms with Gasteiger partial charge in [0.15, 0.2) is 0 Å². The SMILES string of the molecule is CC(C)(C)OOC(=O)c1ccccc1-c1ccc(C(F)(F)F)cc1. The molecule has 0 atom stereocenters. The van der Waals surface area contributed by atoms with E-state index in [4.69, 9.17) is 9.78 Å². The summed E-state index contributed by atoms with van der Waals surface area (Å²) in [6.45, 7) is 5.17. The molecule has 0 heterocycles. The standard InChI is InChI=1S/C18H17F3O3/c1-17(2,3)24-23-16(22)15-7-5-4-6-14(15)12-8-10-13(11-9-12)18(19,20)21/h4-11H,1-3H3. The van der Waals surface area contributed by atoms with Crippen molar-refractivity contribution in [1.82, 2.24) is 0 Å². The molecule has 6 heteroatoms. The first-order chi connectivity index (χ1) is 11.1. The lowest BCUT2D eigenvalue weighted by Crippen LogP contribution is -2.22. The Morgan fingerprint density at radius 3 is 2.04 bits per heavy atom. The molecule has 128 valence electrons. The van der Waals surface area contributed by atoms with Crippen molar-refractivity contribution in [1.29, 1.82) is 0 Å². The third-order valence-corrected chi connectivity index (χ3v) is 3.04. The zero-order chi connectivity index (χ0) is 18.0. The van der Waals surface area contributed by atoms with Crippen LogP contribution in [0.5, 0.6) is 0 Å². The summed E-state index contributed by atoms with van der Waals surface area (Å²) < 4.78 is 38.0. The molecule has 3 nitrogen and oxygen atoms in total. The smallest absolute Gasteiger partial charge is 0.292 e. The Hall–Kier alpha value is -2.34. The largest absolute Gasteiger partial charge is 0.416 e. The Morgan fingerprint density at radius 2 is 1.50 bits per heavy atom. The highest BCUT2D eigenvalue weighted by atomic mass is 19.4. The fraction of sp³-hybridized carbons (Fsp3) is 0.278. The summed E-state index contributed by atoms with van der Waals surface area (Å²) in [6.07, 6.45) is -4.41. The Bertz CT molecular complexity index is 714. The van der Waals surface area contributed by atoms with Crippen LogP contribution in [0.4, 0.5) is 13.2 Å². The summed E-state index contributed by atoms with van der Waals surface area (Å²) in [7, 11) is 0. The van der Waals surface area contributed by atoms with E-state index >= 15 is 0 Å². The molecular formula is C18H17F3O3. The molecular weight excluding hydrogens is 321 g/mol. The van der Waals surface area contributed by atoms with Gasteiger partial charge in [0.2, 0.25) is 0 Å². The first-order valence-corrected chi connectivity index (χ1v) is 7.24. The number of rotatable bonds is 3. The Kier molecular flexibility index (Phi) is 4.99. The van der Waals surface area contributed by atoms with Crippen LogP contribution >= 0.6 is 0 Å². The third-order valence-electron chi connectivity index (χ3n) is 3.04. The van der Waals surface area contributed by atoms with E-state index in [-0.39, 0.29) is 5.56 Å². The quantitative estimate of drug-likeness (QED) is 0.566.